The van der Waals surface area contributed by atoms with E-state index in [2.05, 4.69) is 28.1 Å². The van der Waals surface area contributed by atoms with Crippen LogP contribution in [0.1, 0.15) is 30.4 Å². The first-order valence-electron chi connectivity index (χ1n) is 8.03. The minimum Gasteiger partial charge on any atom is -0.359 e. The first kappa shape index (κ1) is 14.9. The van der Waals surface area contributed by atoms with Gasteiger partial charge in [0.15, 0.2) is 0 Å². The van der Waals surface area contributed by atoms with Gasteiger partial charge in [0, 0.05) is 19.1 Å². The summed E-state index contributed by atoms with van der Waals surface area (Å²) in [6, 6.07) is 8.25. The SMILES string of the molecule is CNC(=O)C1CCCC1NC(=O)NC1Cc2ccccc2C1. The van der Waals surface area contributed by atoms with Crippen molar-refractivity contribution < 1.29 is 9.59 Å². The average Bonchev–Trinajstić information content (AvgIpc) is 3.12. The van der Waals surface area contributed by atoms with E-state index in [9.17, 15) is 9.59 Å². The summed E-state index contributed by atoms with van der Waals surface area (Å²) in [5.41, 5.74) is 2.63. The zero-order valence-electron chi connectivity index (χ0n) is 12.9. The molecule has 3 N–H and O–H groups in total. The molecule has 2 aliphatic carbocycles. The molecule has 0 aliphatic heterocycles. The molecule has 118 valence electrons. The van der Waals surface area contributed by atoms with Gasteiger partial charge in [-0.25, -0.2) is 4.79 Å². The van der Waals surface area contributed by atoms with Crippen LogP contribution in [0.15, 0.2) is 24.3 Å². The summed E-state index contributed by atoms with van der Waals surface area (Å²) in [6.07, 6.45) is 4.47. The van der Waals surface area contributed by atoms with Gasteiger partial charge in [0.1, 0.15) is 0 Å². The molecule has 0 spiro atoms. The Bertz CT molecular complexity index is 548. The van der Waals surface area contributed by atoms with Crippen molar-refractivity contribution in [1.29, 1.82) is 0 Å². The average molecular weight is 301 g/mol. The number of fused-ring (bicyclic) bond motifs is 1. The molecule has 1 aromatic rings. The number of benzene rings is 1. The Balaban J connectivity index is 1.52. The number of amides is 3. The summed E-state index contributed by atoms with van der Waals surface area (Å²) in [7, 11) is 1.65. The molecule has 0 aromatic heterocycles. The summed E-state index contributed by atoms with van der Waals surface area (Å²) in [4.78, 5) is 24.0. The molecule has 5 nitrogen and oxygen atoms in total. The maximum atomic E-state index is 12.2. The van der Waals surface area contributed by atoms with E-state index in [1.807, 2.05) is 12.1 Å². The Labute approximate surface area is 130 Å². The standard InChI is InChI=1S/C17H23N3O2/c1-18-16(21)14-7-4-8-15(14)20-17(22)19-13-9-11-5-2-3-6-12(11)10-13/h2-3,5-6,13-15H,4,7-10H2,1H3,(H,18,21)(H2,19,20,22). The highest BCUT2D eigenvalue weighted by atomic mass is 16.2. The van der Waals surface area contributed by atoms with Gasteiger partial charge >= 0.3 is 6.03 Å². The number of hydrogen-bond acceptors (Lipinski definition) is 2. The van der Waals surface area contributed by atoms with E-state index in [0.717, 1.165) is 32.1 Å². The third kappa shape index (κ3) is 3.08. The van der Waals surface area contributed by atoms with Crippen LogP contribution in [0.2, 0.25) is 0 Å². The number of carbonyl (C=O) groups excluding carboxylic acids is 2. The molecule has 5 heteroatoms. The number of hydrogen-bond donors (Lipinski definition) is 3. The topological polar surface area (TPSA) is 70.2 Å². The van der Waals surface area contributed by atoms with E-state index in [4.69, 9.17) is 0 Å². The quantitative estimate of drug-likeness (QED) is 0.789. The van der Waals surface area contributed by atoms with Crippen LogP contribution in [0.4, 0.5) is 4.79 Å². The summed E-state index contributed by atoms with van der Waals surface area (Å²) < 4.78 is 0. The molecule has 2 atom stereocenters. The van der Waals surface area contributed by atoms with E-state index in [-0.39, 0.29) is 29.9 Å². The first-order chi connectivity index (χ1) is 10.7. The Hall–Kier alpha value is -2.04. The van der Waals surface area contributed by atoms with Crippen LogP contribution in [0, 0.1) is 5.92 Å². The molecule has 1 aromatic carbocycles. The maximum Gasteiger partial charge on any atom is 0.315 e. The Morgan fingerprint density at radius 1 is 1.05 bits per heavy atom. The van der Waals surface area contributed by atoms with Crippen LogP contribution in [-0.4, -0.2) is 31.1 Å². The Morgan fingerprint density at radius 2 is 1.73 bits per heavy atom. The minimum absolute atomic E-state index is 0.0241. The smallest absolute Gasteiger partial charge is 0.315 e. The van der Waals surface area contributed by atoms with Gasteiger partial charge in [-0.2, -0.15) is 0 Å². The Kier molecular flexibility index (Phi) is 4.32. The summed E-state index contributed by atoms with van der Waals surface area (Å²) in [5.74, 6) is -0.0763. The van der Waals surface area contributed by atoms with Crippen molar-refractivity contribution >= 4 is 11.9 Å². The molecule has 0 heterocycles. The van der Waals surface area contributed by atoms with E-state index >= 15 is 0 Å². The molecular formula is C17H23N3O2. The zero-order chi connectivity index (χ0) is 15.5. The molecule has 2 unspecified atom stereocenters. The second kappa shape index (κ2) is 6.38. The van der Waals surface area contributed by atoms with Crippen molar-refractivity contribution in [2.75, 3.05) is 7.05 Å². The van der Waals surface area contributed by atoms with E-state index in [0.29, 0.717) is 0 Å². The molecular weight excluding hydrogens is 278 g/mol. The van der Waals surface area contributed by atoms with Crippen molar-refractivity contribution in [3.63, 3.8) is 0 Å². The molecule has 0 radical (unpaired) electrons. The van der Waals surface area contributed by atoms with Crippen molar-refractivity contribution in [2.24, 2.45) is 5.92 Å². The largest absolute Gasteiger partial charge is 0.359 e. The van der Waals surface area contributed by atoms with E-state index in [1.165, 1.54) is 11.1 Å². The summed E-state index contributed by atoms with van der Waals surface area (Å²) in [6.45, 7) is 0. The summed E-state index contributed by atoms with van der Waals surface area (Å²) >= 11 is 0. The number of nitrogens with one attached hydrogen (secondary N) is 3. The highest BCUT2D eigenvalue weighted by Gasteiger charge is 2.34. The lowest BCUT2D eigenvalue weighted by molar-refractivity contribution is -0.124. The van der Waals surface area contributed by atoms with Crippen LogP contribution in [0.3, 0.4) is 0 Å². The van der Waals surface area contributed by atoms with Gasteiger partial charge in [0.25, 0.3) is 0 Å². The fourth-order valence-corrected chi connectivity index (χ4v) is 3.69. The molecule has 22 heavy (non-hydrogen) atoms. The normalized spacial score (nSPS) is 23.9. The number of carbonyl (C=O) groups is 2. The minimum atomic E-state index is -0.154. The molecule has 2 aliphatic rings. The van der Waals surface area contributed by atoms with Crippen LogP contribution >= 0.6 is 0 Å². The molecule has 0 saturated heterocycles. The van der Waals surface area contributed by atoms with Crippen molar-refractivity contribution in [3.8, 4) is 0 Å². The lowest BCUT2D eigenvalue weighted by Crippen LogP contribution is -2.49. The monoisotopic (exact) mass is 301 g/mol. The Morgan fingerprint density at radius 3 is 2.36 bits per heavy atom. The van der Waals surface area contributed by atoms with Gasteiger partial charge in [-0.3, -0.25) is 4.79 Å². The number of rotatable bonds is 3. The second-order valence-corrected chi connectivity index (χ2v) is 6.25. The van der Waals surface area contributed by atoms with Gasteiger partial charge in [-0.05, 0) is 36.8 Å². The molecule has 1 saturated carbocycles. The molecule has 1 fully saturated rings. The molecule has 0 bridgehead atoms. The third-order valence-corrected chi connectivity index (χ3v) is 4.80. The van der Waals surface area contributed by atoms with Crippen molar-refractivity contribution in [1.82, 2.24) is 16.0 Å². The van der Waals surface area contributed by atoms with Gasteiger partial charge in [0.05, 0.1) is 5.92 Å². The fourth-order valence-electron chi connectivity index (χ4n) is 3.69. The van der Waals surface area contributed by atoms with Gasteiger partial charge in [-0.1, -0.05) is 30.7 Å². The van der Waals surface area contributed by atoms with Crippen molar-refractivity contribution in [2.45, 2.75) is 44.2 Å². The molecule has 3 amide bonds. The predicted molar refractivity (Wildman–Crippen MR) is 84.5 cm³/mol. The second-order valence-electron chi connectivity index (χ2n) is 6.25. The van der Waals surface area contributed by atoms with Crippen LogP contribution < -0.4 is 16.0 Å². The van der Waals surface area contributed by atoms with Crippen LogP contribution in [-0.2, 0) is 17.6 Å². The molecule has 3 rings (SSSR count). The lowest BCUT2D eigenvalue weighted by Gasteiger charge is -2.21. The predicted octanol–water partition coefficient (Wildman–Crippen LogP) is 1.37. The lowest BCUT2D eigenvalue weighted by atomic mass is 10.0. The van der Waals surface area contributed by atoms with Crippen molar-refractivity contribution in [3.05, 3.63) is 35.4 Å². The van der Waals surface area contributed by atoms with E-state index in [1.54, 1.807) is 7.05 Å². The van der Waals surface area contributed by atoms with Crippen LogP contribution in [0.25, 0.3) is 0 Å². The highest BCUT2D eigenvalue weighted by molar-refractivity contribution is 5.81. The van der Waals surface area contributed by atoms with E-state index < -0.39 is 0 Å². The number of urea groups is 1. The maximum absolute atomic E-state index is 12.2. The summed E-state index contributed by atoms with van der Waals surface area (Å²) in [5, 5.41) is 8.72. The first-order valence-corrected chi connectivity index (χ1v) is 8.03. The van der Waals surface area contributed by atoms with Crippen LogP contribution in [0.5, 0.6) is 0 Å². The highest BCUT2D eigenvalue weighted by Crippen LogP contribution is 2.26. The zero-order valence-corrected chi connectivity index (χ0v) is 12.9. The van der Waals surface area contributed by atoms with Gasteiger partial charge in [-0.15, -0.1) is 0 Å². The van der Waals surface area contributed by atoms with Gasteiger partial charge in [0.2, 0.25) is 5.91 Å². The third-order valence-electron chi connectivity index (χ3n) is 4.80. The van der Waals surface area contributed by atoms with Gasteiger partial charge < -0.3 is 16.0 Å². The fraction of sp³-hybridized carbons (Fsp3) is 0.529.